The van der Waals surface area contributed by atoms with Crippen LogP contribution in [0, 0.1) is 0 Å². The normalized spacial score (nSPS) is 10.3. The largest absolute Gasteiger partial charge is 0.486 e. The van der Waals surface area contributed by atoms with Gasteiger partial charge in [-0.2, -0.15) is 0 Å². The Bertz CT molecular complexity index is 667. The average Bonchev–Trinajstić information content (AvgIpc) is 3.00. The first-order chi connectivity index (χ1) is 11.0. The van der Waals surface area contributed by atoms with Gasteiger partial charge in [-0.05, 0) is 54.4 Å². The number of amides is 1. The summed E-state index contributed by atoms with van der Waals surface area (Å²) >= 11 is 11.0. The van der Waals surface area contributed by atoms with E-state index in [2.05, 4.69) is 5.32 Å². The summed E-state index contributed by atoms with van der Waals surface area (Å²) in [6.45, 7) is 0.560. The summed E-state index contributed by atoms with van der Waals surface area (Å²) in [5.74, 6) is 1.03. The van der Waals surface area contributed by atoms with Crippen molar-refractivity contribution in [1.29, 1.82) is 0 Å². The molecule has 1 aromatic heterocycles. The van der Waals surface area contributed by atoms with Gasteiger partial charge in [-0.25, -0.2) is 0 Å². The van der Waals surface area contributed by atoms with Crippen LogP contribution in [0.25, 0.3) is 0 Å². The minimum Gasteiger partial charge on any atom is -0.486 e. The number of ether oxygens (including phenoxy) is 1. The summed E-state index contributed by atoms with van der Waals surface area (Å²) < 4.78 is 10.9. The van der Waals surface area contributed by atoms with Crippen LogP contribution in [0.1, 0.15) is 29.2 Å². The van der Waals surface area contributed by atoms with Crippen molar-refractivity contribution < 1.29 is 18.7 Å². The van der Waals surface area contributed by atoms with E-state index in [1.807, 2.05) is 0 Å². The van der Waals surface area contributed by atoms with Crippen LogP contribution in [0.15, 0.2) is 40.8 Å². The van der Waals surface area contributed by atoms with Crippen LogP contribution >= 0.6 is 23.2 Å². The second kappa shape index (κ2) is 8.60. The van der Waals surface area contributed by atoms with Gasteiger partial charge in [0.15, 0.2) is 5.76 Å². The lowest BCUT2D eigenvalue weighted by molar-refractivity contribution is -0.111. The summed E-state index contributed by atoms with van der Waals surface area (Å²) in [5, 5.41) is 2.86. The quantitative estimate of drug-likeness (QED) is 0.577. The van der Waals surface area contributed by atoms with Crippen molar-refractivity contribution in [2.75, 3.05) is 6.54 Å². The number of hydrogen-bond acceptors (Lipinski definition) is 4. The molecule has 0 fully saturated rings. The molecule has 122 valence electrons. The molecule has 1 aromatic carbocycles. The van der Waals surface area contributed by atoms with Gasteiger partial charge in [0.05, 0.1) is 0 Å². The number of hydrogen-bond donors (Lipinski definition) is 1. The summed E-state index contributed by atoms with van der Waals surface area (Å²) in [5.41, 5.74) is 0. The second-order valence-electron chi connectivity index (χ2n) is 4.72. The lowest BCUT2D eigenvalue weighted by Crippen LogP contribution is -2.24. The smallest absolute Gasteiger partial charge is 0.286 e. The molecule has 0 unspecified atom stereocenters. The second-order valence-corrected chi connectivity index (χ2v) is 5.58. The molecule has 5 nitrogen and oxygen atoms in total. The summed E-state index contributed by atoms with van der Waals surface area (Å²) in [6.07, 6.45) is 0.710. The number of rotatable bonds is 8. The lowest BCUT2D eigenvalue weighted by atomic mass is 10.3. The SMILES string of the molecule is O=C(Cl)CCCNC(=O)c1ccc(COc2ccc(Cl)cc2)o1. The highest BCUT2D eigenvalue weighted by Gasteiger charge is 2.11. The molecule has 0 radical (unpaired) electrons. The van der Waals surface area contributed by atoms with E-state index >= 15 is 0 Å². The Hall–Kier alpha value is -1.98. The first-order valence-corrected chi connectivity index (χ1v) is 7.74. The Kier molecular flexibility index (Phi) is 6.50. The Balaban J connectivity index is 1.79. The fraction of sp³-hybridized carbons (Fsp3) is 0.250. The molecule has 0 bridgehead atoms. The molecule has 2 rings (SSSR count). The number of carbonyl (C=O) groups is 2. The van der Waals surface area contributed by atoms with Gasteiger partial charge in [0.1, 0.15) is 18.1 Å². The van der Waals surface area contributed by atoms with Crippen LogP contribution in [0.3, 0.4) is 0 Å². The highest BCUT2D eigenvalue weighted by Crippen LogP contribution is 2.17. The molecule has 0 spiro atoms. The van der Waals surface area contributed by atoms with Crippen molar-refractivity contribution in [3.05, 3.63) is 52.9 Å². The monoisotopic (exact) mass is 355 g/mol. The van der Waals surface area contributed by atoms with E-state index in [0.29, 0.717) is 29.5 Å². The van der Waals surface area contributed by atoms with Gasteiger partial charge in [-0.1, -0.05) is 11.6 Å². The molecule has 7 heteroatoms. The third-order valence-electron chi connectivity index (χ3n) is 2.92. The van der Waals surface area contributed by atoms with Crippen LogP contribution in [0.2, 0.25) is 5.02 Å². The first-order valence-electron chi connectivity index (χ1n) is 6.98. The van der Waals surface area contributed by atoms with Crippen LogP contribution in [-0.2, 0) is 11.4 Å². The molecule has 0 aliphatic rings. The molecular weight excluding hydrogens is 341 g/mol. The zero-order valence-corrected chi connectivity index (χ0v) is 13.7. The maximum Gasteiger partial charge on any atom is 0.286 e. The van der Waals surface area contributed by atoms with Gasteiger partial charge in [-0.3, -0.25) is 9.59 Å². The van der Waals surface area contributed by atoms with E-state index in [-0.39, 0.29) is 24.7 Å². The predicted octanol–water partition coefficient (Wildman–Crippen LogP) is 3.79. The Morgan fingerprint density at radius 3 is 2.57 bits per heavy atom. The minimum atomic E-state index is -0.418. The number of furan rings is 1. The average molecular weight is 356 g/mol. The maximum absolute atomic E-state index is 11.8. The van der Waals surface area contributed by atoms with E-state index in [1.165, 1.54) is 0 Å². The lowest BCUT2D eigenvalue weighted by Gasteiger charge is -2.04. The summed E-state index contributed by atoms with van der Waals surface area (Å²) in [4.78, 5) is 22.4. The van der Waals surface area contributed by atoms with Crippen molar-refractivity contribution in [2.24, 2.45) is 0 Å². The Morgan fingerprint density at radius 2 is 1.87 bits per heavy atom. The predicted molar refractivity (Wildman–Crippen MR) is 86.9 cm³/mol. The standard InChI is InChI=1S/C16H15Cl2NO4/c17-11-3-5-12(6-4-11)22-10-13-7-8-14(23-13)16(21)19-9-1-2-15(18)20/h3-8H,1-2,9-10H2,(H,19,21). The highest BCUT2D eigenvalue weighted by atomic mass is 35.5. The molecule has 23 heavy (non-hydrogen) atoms. The topological polar surface area (TPSA) is 68.5 Å². The molecule has 0 saturated carbocycles. The number of nitrogens with one attached hydrogen (secondary N) is 1. The summed E-state index contributed by atoms with van der Waals surface area (Å²) in [7, 11) is 0. The van der Waals surface area contributed by atoms with Crippen LogP contribution in [0.4, 0.5) is 0 Å². The molecular formula is C16H15Cl2NO4. The molecule has 0 saturated heterocycles. The zero-order valence-electron chi connectivity index (χ0n) is 12.2. The van der Waals surface area contributed by atoms with Gasteiger partial charge in [0.25, 0.3) is 5.91 Å². The van der Waals surface area contributed by atoms with Crippen LogP contribution in [-0.4, -0.2) is 17.7 Å². The van der Waals surface area contributed by atoms with Gasteiger partial charge >= 0.3 is 0 Å². The van der Waals surface area contributed by atoms with E-state index in [9.17, 15) is 9.59 Å². The number of carbonyl (C=O) groups excluding carboxylic acids is 2. The summed E-state index contributed by atoms with van der Waals surface area (Å²) in [6, 6.07) is 10.2. The number of benzene rings is 1. The maximum atomic E-state index is 11.8. The third-order valence-corrected chi connectivity index (χ3v) is 3.36. The Morgan fingerprint density at radius 1 is 1.13 bits per heavy atom. The van der Waals surface area contributed by atoms with Crippen molar-refractivity contribution in [2.45, 2.75) is 19.4 Å². The highest BCUT2D eigenvalue weighted by molar-refractivity contribution is 6.63. The molecule has 1 heterocycles. The zero-order chi connectivity index (χ0) is 16.7. The third kappa shape index (κ3) is 5.96. The fourth-order valence-corrected chi connectivity index (χ4v) is 2.04. The molecule has 0 aliphatic carbocycles. The molecule has 0 aliphatic heterocycles. The molecule has 0 atom stereocenters. The molecule has 1 amide bonds. The van der Waals surface area contributed by atoms with Crippen molar-refractivity contribution >= 4 is 34.4 Å². The fourth-order valence-electron chi connectivity index (χ4n) is 1.78. The van der Waals surface area contributed by atoms with Crippen molar-refractivity contribution in [1.82, 2.24) is 5.32 Å². The van der Waals surface area contributed by atoms with E-state index in [4.69, 9.17) is 32.4 Å². The van der Waals surface area contributed by atoms with Gasteiger partial charge in [0, 0.05) is 18.0 Å². The first kappa shape index (κ1) is 17.4. The number of halogens is 2. The van der Waals surface area contributed by atoms with E-state index in [1.54, 1.807) is 36.4 Å². The van der Waals surface area contributed by atoms with Crippen LogP contribution < -0.4 is 10.1 Å². The van der Waals surface area contributed by atoms with Crippen molar-refractivity contribution in [3.8, 4) is 5.75 Å². The molecule has 2 aromatic rings. The van der Waals surface area contributed by atoms with Gasteiger partial charge < -0.3 is 14.5 Å². The van der Waals surface area contributed by atoms with Gasteiger partial charge in [-0.15, -0.1) is 0 Å². The van der Waals surface area contributed by atoms with Crippen LogP contribution in [0.5, 0.6) is 5.75 Å². The minimum absolute atomic E-state index is 0.192. The van der Waals surface area contributed by atoms with E-state index < -0.39 is 5.24 Å². The van der Waals surface area contributed by atoms with Gasteiger partial charge in [0.2, 0.25) is 5.24 Å². The Labute approximate surface area is 143 Å². The van der Waals surface area contributed by atoms with E-state index in [0.717, 1.165) is 0 Å². The molecule has 1 N–H and O–H groups in total. The van der Waals surface area contributed by atoms with Crippen molar-refractivity contribution in [3.63, 3.8) is 0 Å².